The minimum absolute atomic E-state index is 0.275. The lowest BCUT2D eigenvalue weighted by molar-refractivity contribution is 0.305. The summed E-state index contributed by atoms with van der Waals surface area (Å²) in [6.45, 7) is 5.84. The zero-order valence-electron chi connectivity index (χ0n) is 12.7. The molecule has 2 rings (SSSR count). The van der Waals surface area contributed by atoms with Gasteiger partial charge in [0.2, 0.25) is 0 Å². The van der Waals surface area contributed by atoms with Crippen molar-refractivity contribution in [2.45, 2.75) is 32.9 Å². The lowest BCUT2D eigenvalue weighted by Gasteiger charge is -2.15. The number of phenols is 1. The minimum Gasteiger partial charge on any atom is -0.508 e. The molecular weight excluding hydrogens is 262 g/mol. The van der Waals surface area contributed by atoms with Gasteiger partial charge in [-0.2, -0.15) is 0 Å². The van der Waals surface area contributed by atoms with Crippen LogP contribution >= 0.6 is 0 Å². The molecule has 0 fully saturated rings. The van der Waals surface area contributed by atoms with E-state index in [1.54, 1.807) is 12.1 Å². The van der Waals surface area contributed by atoms with Crippen molar-refractivity contribution in [2.75, 3.05) is 6.54 Å². The maximum atomic E-state index is 9.26. The van der Waals surface area contributed by atoms with Crippen LogP contribution < -0.4 is 10.1 Å². The van der Waals surface area contributed by atoms with Crippen molar-refractivity contribution in [1.82, 2.24) is 5.32 Å². The first-order valence-corrected chi connectivity index (χ1v) is 7.43. The van der Waals surface area contributed by atoms with Crippen molar-refractivity contribution in [3.63, 3.8) is 0 Å². The molecule has 1 unspecified atom stereocenters. The molecule has 0 bridgehead atoms. The number of hydrogen-bond acceptors (Lipinski definition) is 3. The van der Waals surface area contributed by atoms with Crippen LogP contribution in [0.5, 0.6) is 11.5 Å². The predicted octanol–water partition coefficient (Wildman–Crippen LogP) is 4.03. The minimum atomic E-state index is 0.275. The van der Waals surface area contributed by atoms with Crippen LogP contribution in [-0.4, -0.2) is 11.7 Å². The van der Waals surface area contributed by atoms with Gasteiger partial charge in [0, 0.05) is 6.04 Å². The van der Waals surface area contributed by atoms with Crippen molar-refractivity contribution >= 4 is 0 Å². The lowest BCUT2D eigenvalue weighted by Crippen LogP contribution is -2.19. The molecule has 3 heteroatoms. The van der Waals surface area contributed by atoms with Crippen LogP contribution in [0.15, 0.2) is 48.5 Å². The van der Waals surface area contributed by atoms with Crippen molar-refractivity contribution in [3.05, 3.63) is 59.7 Å². The number of rotatable bonds is 7. The molecule has 0 amide bonds. The SMILES string of the molecule is CCCNC(C)c1cccc(OCc2ccc(O)cc2)c1. The van der Waals surface area contributed by atoms with Crippen LogP contribution in [0.3, 0.4) is 0 Å². The highest BCUT2D eigenvalue weighted by Crippen LogP contribution is 2.20. The number of aromatic hydroxyl groups is 1. The van der Waals surface area contributed by atoms with E-state index in [9.17, 15) is 5.11 Å². The van der Waals surface area contributed by atoms with E-state index in [-0.39, 0.29) is 5.75 Å². The van der Waals surface area contributed by atoms with Crippen molar-refractivity contribution in [1.29, 1.82) is 0 Å². The monoisotopic (exact) mass is 285 g/mol. The highest BCUT2D eigenvalue weighted by molar-refractivity contribution is 5.31. The van der Waals surface area contributed by atoms with Crippen molar-refractivity contribution < 1.29 is 9.84 Å². The molecule has 0 saturated carbocycles. The van der Waals surface area contributed by atoms with Gasteiger partial charge in [0.05, 0.1) is 0 Å². The van der Waals surface area contributed by atoms with E-state index >= 15 is 0 Å². The van der Waals surface area contributed by atoms with Crippen LogP contribution in [0.2, 0.25) is 0 Å². The fourth-order valence-electron chi connectivity index (χ4n) is 2.11. The van der Waals surface area contributed by atoms with E-state index in [0.717, 1.165) is 24.3 Å². The maximum Gasteiger partial charge on any atom is 0.120 e. The first-order chi connectivity index (χ1) is 10.2. The first-order valence-electron chi connectivity index (χ1n) is 7.43. The fourth-order valence-corrected chi connectivity index (χ4v) is 2.11. The Morgan fingerprint density at radius 1 is 1.14 bits per heavy atom. The second kappa shape index (κ2) is 7.70. The summed E-state index contributed by atoms with van der Waals surface area (Å²) in [7, 11) is 0. The molecule has 0 aliphatic heterocycles. The zero-order chi connectivity index (χ0) is 15.1. The quantitative estimate of drug-likeness (QED) is 0.807. The van der Waals surface area contributed by atoms with E-state index in [2.05, 4.69) is 31.3 Å². The molecule has 0 spiro atoms. The average Bonchev–Trinajstić information content (AvgIpc) is 2.52. The van der Waals surface area contributed by atoms with Crippen LogP contribution in [0, 0.1) is 0 Å². The topological polar surface area (TPSA) is 41.5 Å². The fraction of sp³-hybridized carbons (Fsp3) is 0.333. The smallest absolute Gasteiger partial charge is 0.120 e. The molecule has 3 nitrogen and oxygen atoms in total. The Hall–Kier alpha value is -2.00. The van der Waals surface area contributed by atoms with Gasteiger partial charge in [-0.15, -0.1) is 0 Å². The molecule has 0 aliphatic carbocycles. The Bertz CT molecular complexity index is 551. The van der Waals surface area contributed by atoms with E-state index < -0.39 is 0 Å². The molecule has 0 aromatic heterocycles. The summed E-state index contributed by atoms with van der Waals surface area (Å²) < 4.78 is 5.82. The lowest BCUT2D eigenvalue weighted by atomic mass is 10.1. The summed E-state index contributed by atoms with van der Waals surface area (Å²) in [5, 5.41) is 12.7. The van der Waals surface area contributed by atoms with Gasteiger partial charge in [-0.3, -0.25) is 0 Å². The van der Waals surface area contributed by atoms with E-state index in [0.29, 0.717) is 12.6 Å². The Kier molecular flexibility index (Phi) is 5.64. The summed E-state index contributed by atoms with van der Waals surface area (Å²) in [6, 6.07) is 15.6. The second-order valence-electron chi connectivity index (χ2n) is 5.20. The van der Waals surface area contributed by atoms with Crippen molar-refractivity contribution in [3.8, 4) is 11.5 Å². The number of hydrogen-bond donors (Lipinski definition) is 2. The van der Waals surface area contributed by atoms with Gasteiger partial charge in [0.1, 0.15) is 18.1 Å². The van der Waals surface area contributed by atoms with Gasteiger partial charge in [0.25, 0.3) is 0 Å². The van der Waals surface area contributed by atoms with Crippen molar-refractivity contribution in [2.24, 2.45) is 0 Å². The molecular formula is C18H23NO2. The standard InChI is InChI=1S/C18H23NO2/c1-3-11-19-14(2)16-5-4-6-18(12-16)21-13-15-7-9-17(20)10-8-15/h4-10,12,14,19-20H,3,11,13H2,1-2H3. The molecule has 2 aromatic rings. The Morgan fingerprint density at radius 2 is 1.90 bits per heavy atom. The third kappa shape index (κ3) is 4.80. The number of phenolic OH excluding ortho intramolecular Hbond substituents is 1. The number of benzene rings is 2. The van der Waals surface area contributed by atoms with Crippen LogP contribution in [0.25, 0.3) is 0 Å². The summed E-state index contributed by atoms with van der Waals surface area (Å²) in [6.07, 6.45) is 1.13. The molecule has 0 heterocycles. The highest BCUT2D eigenvalue weighted by atomic mass is 16.5. The van der Waals surface area contributed by atoms with E-state index in [1.807, 2.05) is 24.3 Å². The van der Waals surface area contributed by atoms with Crippen LogP contribution in [-0.2, 0) is 6.61 Å². The van der Waals surface area contributed by atoms with Gasteiger partial charge in [-0.05, 0) is 55.3 Å². The first kappa shape index (κ1) is 15.4. The highest BCUT2D eigenvalue weighted by Gasteiger charge is 2.05. The molecule has 2 N–H and O–H groups in total. The third-order valence-corrected chi connectivity index (χ3v) is 3.40. The Labute approximate surface area is 126 Å². The normalized spacial score (nSPS) is 12.1. The van der Waals surface area contributed by atoms with Gasteiger partial charge in [-0.1, -0.05) is 31.2 Å². The van der Waals surface area contributed by atoms with Crippen LogP contribution in [0.1, 0.15) is 37.4 Å². The summed E-state index contributed by atoms with van der Waals surface area (Å²) in [4.78, 5) is 0. The van der Waals surface area contributed by atoms with Gasteiger partial charge < -0.3 is 15.2 Å². The van der Waals surface area contributed by atoms with E-state index in [1.165, 1.54) is 5.56 Å². The molecule has 1 atom stereocenters. The molecule has 0 radical (unpaired) electrons. The molecule has 21 heavy (non-hydrogen) atoms. The second-order valence-corrected chi connectivity index (χ2v) is 5.20. The number of ether oxygens (including phenoxy) is 1. The summed E-state index contributed by atoms with van der Waals surface area (Å²) >= 11 is 0. The largest absolute Gasteiger partial charge is 0.508 e. The zero-order valence-corrected chi connectivity index (χ0v) is 12.7. The Morgan fingerprint density at radius 3 is 2.62 bits per heavy atom. The van der Waals surface area contributed by atoms with Crippen LogP contribution in [0.4, 0.5) is 0 Å². The Balaban J connectivity index is 1.95. The molecule has 0 aliphatic rings. The maximum absolute atomic E-state index is 9.26. The molecule has 112 valence electrons. The number of nitrogens with one attached hydrogen (secondary N) is 1. The van der Waals surface area contributed by atoms with Gasteiger partial charge >= 0.3 is 0 Å². The van der Waals surface area contributed by atoms with E-state index in [4.69, 9.17) is 4.74 Å². The molecule has 2 aromatic carbocycles. The van der Waals surface area contributed by atoms with Gasteiger partial charge in [-0.25, -0.2) is 0 Å². The average molecular weight is 285 g/mol. The third-order valence-electron chi connectivity index (χ3n) is 3.40. The van der Waals surface area contributed by atoms with Gasteiger partial charge in [0.15, 0.2) is 0 Å². The predicted molar refractivity (Wildman–Crippen MR) is 85.6 cm³/mol. The summed E-state index contributed by atoms with van der Waals surface area (Å²) in [5.41, 5.74) is 2.27. The molecule has 0 saturated heterocycles. The summed E-state index contributed by atoms with van der Waals surface area (Å²) in [5.74, 6) is 1.14.